The van der Waals surface area contributed by atoms with Gasteiger partial charge < -0.3 is 54.6 Å². The smallest absolute Gasteiger partial charge is 0.303 e. The molecule has 4 N–H and O–H groups in total. The van der Waals surface area contributed by atoms with Crippen molar-refractivity contribution in [1.82, 2.24) is 0 Å². The summed E-state index contributed by atoms with van der Waals surface area (Å²) in [5.41, 5.74) is 5.35. The van der Waals surface area contributed by atoms with Gasteiger partial charge >= 0.3 is 11.9 Å². The number of nitrogens with zero attached hydrogens (tertiary/aromatic N) is 2. The zero-order valence-electron chi connectivity index (χ0n) is 29.4. The summed E-state index contributed by atoms with van der Waals surface area (Å²) in [5, 5.41) is 15.8. The number of likely N-dealkylation sites (N-methyl/N-ethyl adjacent to an activating group) is 2. The van der Waals surface area contributed by atoms with E-state index in [-0.39, 0.29) is 37.7 Å². The number of benzene rings is 4. The predicted octanol–water partition coefficient (Wildman–Crippen LogP) is -0.412. The fourth-order valence-electron chi connectivity index (χ4n) is 5.08. The number of fused-ring (bicyclic) bond motifs is 4. The van der Waals surface area contributed by atoms with E-state index in [1.807, 2.05) is 23.5 Å². The number of halogens is 2. The summed E-state index contributed by atoms with van der Waals surface area (Å²) in [6, 6.07) is 36.0. The van der Waals surface area contributed by atoms with Crippen molar-refractivity contribution in [3.63, 3.8) is 0 Å². The lowest BCUT2D eigenvalue weighted by Gasteiger charge is -2.34. The number of hydrogen-bond acceptors (Lipinski definition) is 6. The third-order valence-electron chi connectivity index (χ3n) is 8.50. The molecule has 2 aliphatic rings. The number of quaternary nitrogens is 2. The minimum atomic E-state index is -1.08. The normalized spacial score (nSPS) is 13.3. The second kappa shape index (κ2) is 20.5. The lowest BCUT2D eigenvalue weighted by atomic mass is 10.2. The molecule has 0 fully saturated rings. The largest absolute Gasteiger partial charge is 1.00 e. The molecule has 0 spiro atoms. The molecular weight excluding hydrogens is 711 g/mol. The molecule has 0 aromatic heterocycles. The maximum atomic E-state index is 9.64. The second-order valence-corrected chi connectivity index (χ2v) is 14.7. The highest BCUT2D eigenvalue weighted by atomic mass is 35.5. The van der Waals surface area contributed by atoms with Crippen LogP contribution in [0.4, 0.5) is 22.7 Å². The number of nitrogens with one attached hydrogen (secondary N) is 2. The Bertz CT molecular complexity index is 1480. The number of carbonyl (C=O) groups is 2. The molecule has 2 heterocycles. The van der Waals surface area contributed by atoms with Gasteiger partial charge in [0.15, 0.2) is 0 Å². The number of para-hydroxylation sites is 4. The zero-order chi connectivity index (χ0) is 34.8. The molecule has 8 nitrogen and oxygen atoms in total. The SMILES string of the molecule is C[C@@H](CN1c2ccccc2Sc2ccccc21)[NH+](C)C.C[C@H](CN1c2ccccc2Sc2ccccc21)[NH+](C)C.O=C(O)CCC(=O)O.[Cl-].[Cl-]. The number of aliphatic carboxylic acids is 2. The first-order valence-corrected chi connectivity index (χ1v) is 17.9. The quantitative estimate of drug-likeness (QED) is 0.184. The van der Waals surface area contributed by atoms with Crippen LogP contribution in [0.25, 0.3) is 0 Å². The number of rotatable bonds is 9. The molecule has 0 amide bonds. The van der Waals surface area contributed by atoms with Gasteiger partial charge in [0, 0.05) is 19.6 Å². The Labute approximate surface area is 317 Å². The van der Waals surface area contributed by atoms with Crippen molar-refractivity contribution in [2.24, 2.45) is 0 Å². The van der Waals surface area contributed by atoms with E-state index in [1.165, 1.54) is 52.1 Å². The molecule has 0 unspecified atom stereocenters. The van der Waals surface area contributed by atoms with Gasteiger partial charge in [-0.3, -0.25) is 9.59 Å². The van der Waals surface area contributed by atoms with Crippen LogP contribution in [0.15, 0.2) is 117 Å². The first kappa shape index (κ1) is 42.8. The van der Waals surface area contributed by atoms with Crippen molar-refractivity contribution in [1.29, 1.82) is 0 Å². The standard InChI is InChI=1S/2C17H20N2S.C4H6O4.2ClH/c2*1-13(18(2)3)12-19-14-8-4-6-10-16(14)20-17-11-7-5-9-15(17)19;5-3(6)1-2-4(7)8;;/h2*4-11,13H,12H2,1-3H3;1-2H2,(H,5,6)(H,7,8);2*1H/t2*13-;;;/m10.../s1. The highest BCUT2D eigenvalue weighted by molar-refractivity contribution is 8.00. The van der Waals surface area contributed by atoms with Gasteiger partial charge in [-0.1, -0.05) is 72.1 Å². The fourth-order valence-corrected chi connectivity index (χ4v) is 7.27. The molecule has 0 saturated carbocycles. The summed E-state index contributed by atoms with van der Waals surface area (Å²) in [4.78, 5) is 32.6. The average Bonchev–Trinajstić information content (AvgIpc) is 3.07. The molecule has 50 heavy (non-hydrogen) atoms. The van der Waals surface area contributed by atoms with Crippen LogP contribution in [0, 0.1) is 0 Å². The lowest BCUT2D eigenvalue weighted by Crippen LogP contribution is -3.10. The molecule has 0 radical (unpaired) electrons. The summed E-state index contributed by atoms with van der Waals surface area (Å²) in [6.45, 7) is 6.69. The van der Waals surface area contributed by atoms with E-state index in [4.69, 9.17) is 10.2 Å². The third-order valence-corrected chi connectivity index (χ3v) is 10.8. The summed E-state index contributed by atoms with van der Waals surface area (Å²) >= 11 is 3.75. The molecule has 0 bridgehead atoms. The highest BCUT2D eigenvalue weighted by Crippen LogP contribution is 2.48. The topological polar surface area (TPSA) is 90.0 Å². The summed E-state index contributed by atoms with van der Waals surface area (Å²) in [6.07, 6.45) is -0.593. The van der Waals surface area contributed by atoms with Crippen molar-refractivity contribution in [2.75, 3.05) is 51.1 Å². The highest BCUT2D eigenvalue weighted by Gasteiger charge is 2.27. The molecule has 4 aromatic rings. The number of carboxylic acids is 2. The van der Waals surface area contributed by atoms with Crippen LogP contribution < -0.4 is 44.4 Å². The van der Waals surface area contributed by atoms with Crippen molar-refractivity contribution in [3.05, 3.63) is 97.1 Å². The van der Waals surface area contributed by atoms with Gasteiger partial charge in [-0.2, -0.15) is 0 Å². The molecule has 12 heteroatoms. The van der Waals surface area contributed by atoms with Gasteiger partial charge in [0.05, 0.1) is 76.9 Å². The van der Waals surface area contributed by atoms with Crippen LogP contribution in [0.2, 0.25) is 0 Å². The average molecular weight is 760 g/mol. The maximum absolute atomic E-state index is 9.64. The van der Waals surface area contributed by atoms with Crippen LogP contribution in [0.3, 0.4) is 0 Å². The Balaban J connectivity index is 0.000000278. The Morgan fingerprint density at radius 1 is 0.540 bits per heavy atom. The van der Waals surface area contributed by atoms with E-state index < -0.39 is 11.9 Å². The van der Waals surface area contributed by atoms with Crippen molar-refractivity contribution >= 4 is 58.2 Å². The summed E-state index contributed by atoms with van der Waals surface area (Å²) in [5.74, 6) is -2.15. The van der Waals surface area contributed by atoms with E-state index in [0.29, 0.717) is 12.1 Å². The Morgan fingerprint density at radius 3 is 1.00 bits per heavy atom. The fraction of sp³-hybridized carbons (Fsp3) is 0.316. The molecule has 0 saturated heterocycles. The van der Waals surface area contributed by atoms with Crippen molar-refractivity contribution in [2.45, 2.75) is 58.4 Å². The Kier molecular flexibility index (Phi) is 17.5. The van der Waals surface area contributed by atoms with Gasteiger partial charge in [-0.05, 0) is 62.4 Å². The van der Waals surface area contributed by atoms with E-state index in [1.54, 1.807) is 0 Å². The van der Waals surface area contributed by atoms with Gasteiger partial charge in [-0.25, -0.2) is 0 Å². The van der Waals surface area contributed by atoms with E-state index in [9.17, 15) is 9.59 Å². The van der Waals surface area contributed by atoms with Crippen molar-refractivity contribution in [3.8, 4) is 0 Å². The third kappa shape index (κ3) is 11.6. The van der Waals surface area contributed by atoms with Crippen LogP contribution in [0.5, 0.6) is 0 Å². The Morgan fingerprint density at radius 2 is 0.780 bits per heavy atom. The molecular formula is C38H48Cl2N4O4S2. The molecule has 2 atom stereocenters. The van der Waals surface area contributed by atoms with Crippen LogP contribution in [0.1, 0.15) is 26.7 Å². The van der Waals surface area contributed by atoms with E-state index in [2.05, 4.69) is 149 Å². The van der Waals surface area contributed by atoms with E-state index in [0.717, 1.165) is 13.1 Å². The van der Waals surface area contributed by atoms with Crippen LogP contribution >= 0.6 is 23.5 Å². The van der Waals surface area contributed by atoms with Gasteiger partial charge in [0.25, 0.3) is 0 Å². The first-order chi connectivity index (χ1) is 23.0. The maximum Gasteiger partial charge on any atom is 0.303 e. The number of carboxylic acid groups (broad SMARTS) is 2. The van der Waals surface area contributed by atoms with Gasteiger partial charge in [0.1, 0.15) is 12.1 Å². The van der Waals surface area contributed by atoms with Crippen LogP contribution in [-0.2, 0) is 9.59 Å². The molecule has 270 valence electrons. The summed E-state index contributed by atoms with van der Waals surface area (Å²) in [7, 11) is 8.89. The predicted molar refractivity (Wildman–Crippen MR) is 197 cm³/mol. The first-order valence-electron chi connectivity index (χ1n) is 16.3. The van der Waals surface area contributed by atoms with Gasteiger partial charge in [0.2, 0.25) is 0 Å². The molecule has 6 rings (SSSR count). The van der Waals surface area contributed by atoms with Gasteiger partial charge in [-0.15, -0.1) is 0 Å². The Hall–Kier alpha value is -3.38. The number of anilines is 4. The van der Waals surface area contributed by atoms with Crippen LogP contribution in [-0.4, -0.2) is 75.5 Å². The minimum absolute atomic E-state index is 0. The lowest BCUT2D eigenvalue weighted by molar-refractivity contribution is -0.881. The minimum Gasteiger partial charge on any atom is -1.00 e. The molecule has 0 aliphatic carbocycles. The summed E-state index contributed by atoms with van der Waals surface area (Å²) < 4.78 is 0. The second-order valence-electron chi connectivity index (χ2n) is 12.5. The zero-order valence-corrected chi connectivity index (χ0v) is 32.5. The van der Waals surface area contributed by atoms with Crippen molar-refractivity contribution < 1.29 is 54.4 Å². The monoisotopic (exact) mass is 758 g/mol. The number of hydrogen-bond donors (Lipinski definition) is 4. The molecule has 2 aliphatic heterocycles. The van der Waals surface area contributed by atoms with E-state index >= 15 is 0 Å². The molecule has 4 aromatic carbocycles.